The van der Waals surface area contributed by atoms with Crippen molar-refractivity contribution >= 4 is 23.4 Å². The summed E-state index contributed by atoms with van der Waals surface area (Å²) < 4.78 is 8.87. The second-order valence-corrected chi connectivity index (χ2v) is 5.47. The van der Waals surface area contributed by atoms with Crippen molar-refractivity contribution in [2.24, 2.45) is 5.92 Å². The molecule has 1 aromatic heterocycles. The monoisotopic (exact) mass is 297 g/mol. The Balaban J connectivity index is 1.94. The summed E-state index contributed by atoms with van der Waals surface area (Å²) in [5.74, 6) is -0.239. The van der Waals surface area contributed by atoms with Crippen LogP contribution in [0.5, 0.6) is 0 Å². The van der Waals surface area contributed by atoms with Crippen molar-refractivity contribution < 1.29 is 14.3 Å². The van der Waals surface area contributed by atoms with Gasteiger partial charge in [0, 0.05) is 13.1 Å². The summed E-state index contributed by atoms with van der Waals surface area (Å²) in [7, 11) is 0. The lowest BCUT2D eigenvalue weighted by Gasteiger charge is -2.30. The van der Waals surface area contributed by atoms with Crippen molar-refractivity contribution in [1.29, 1.82) is 0 Å². The number of amides is 1. The number of hydrogen-bond donors (Lipinski definition) is 0. The molecule has 2 rings (SSSR count). The van der Waals surface area contributed by atoms with Crippen LogP contribution in [0.2, 0.25) is 0 Å². The largest absolute Gasteiger partial charge is 0.466 e. The number of carbonyl (C=O) groups is 2. The van der Waals surface area contributed by atoms with Crippen molar-refractivity contribution in [2.75, 3.05) is 19.7 Å². The number of carbonyl (C=O) groups excluding carboxylic acids is 2. The molecule has 0 spiro atoms. The molecule has 1 amide bonds. The average Bonchev–Trinajstić information content (AvgIpc) is 2.95. The van der Waals surface area contributed by atoms with Gasteiger partial charge in [-0.2, -0.15) is 0 Å². The highest BCUT2D eigenvalue weighted by molar-refractivity contribution is 7.08. The van der Waals surface area contributed by atoms with Gasteiger partial charge < -0.3 is 9.64 Å². The van der Waals surface area contributed by atoms with E-state index in [9.17, 15) is 9.59 Å². The van der Waals surface area contributed by atoms with Crippen molar-refractivity contribution in [3.8, 4) is 0 Å². The van der Waals surface area contributed by atoms with Crippen LogP contribution >= 0.6 is 11.5 Å². The fourth-order valence-electron chi connectivity index (χ4n) is 2.32. The first-order valence-corrected chi connectivity index (χ1v) is 7.71. The molecule has 110 valence electrons. The van der Waals surface area contributed by atoms with Gasteiger partial charge in [0.1, 0.15) is 4.88 Å². The first kappa shape index (κ1) is 14.9. The molecule has 0 aliphatic carbocycles. The Kier molecular flexibility index (Phi) is 5.05. The lowest BCUT2D eigenvalue weighted by molar-refractivity contribution is -0.149. The normalized spacial score (nSPS) is 16.2. The van der Waals surface area contributed by atoms with E-state index in [2.05, 4.69) is 9.59 Å². The molecule has 1 saturated heterocycles. The number of ether oxygens (including phenoxy) is 1. The summed E-state index contributed by atoms with van der Waals surface area (Å²) in [6.45, 7) is 5.34. The van der Waals surface area contributed by atoms with Crippen molar-refractivity contribution in [3.63, 3.8) is 0 Å². The highest BCUT2D eigenvalue weighted by atomic mass is 32.1. The number of likely N-dealkylation sites (tertiary alicyclic amines) is 1. The Morgan fingerprint density at radius 3 is 2.65 bits per heavy atom. The number of piperidine rings is 1. The minimum Gasteiger partial charge on any atom is -0.466 e. The quantitative estimate of drug-likeness (QED) is 0.788. The second kappa shape index (κ2) is 6.78. The van der Waals surface area contributed by atoms with Crippen LogP contribution in [0.4, 0.5) is 0 Å². The zero-order valence-electron chi connectivity index (χ0n) is 11.8. The van der Waals surface area contributed by atoms with Gasteiger partial charge in [-0.1, -0.05) is 11.4 Å². The molecule has 0 unspecified atom stereocenters. The van der Waals surface area contributed by atoms with Gasteiger partial charge >= 0.3 is 5.97 Å². The number of hydrogen-bond acceptors (Lipinski definition) is 6. The predicted octanol–water partition coefficient (Wildman–Crippen LogP) is 1.52. The van der Waals surface area contributed by atoms with Crippen LogP contribution < -0.4 is 0 Å². The van der Waals surface area contributed by atoms with Gasteiger partial charge in [0.2, 0.25) is 0 Å². The van der Waals surface area contributed by atoms with Gasteiger partial charge in [-0.05, 0) is 37.7 Å². The molecule has 0 saturated carbocycles. The fourth-order valence-corrected chi connectivity index (χ4v) is 3.04. The van der Waals surface area contributed by atoms with Gasteiger partial charge in [-0.3, -0.25) is 9.59 Å². The molecule has 0 aromatic carbocycles. The molecular weight excluding hydrogens is 278 g/mol. The van der Waals surface area contributed by atoms with Crippen LogP contribution in [0.15, 0.2) is 0 Å². The molecule has 1 aromatic rings. The Hall–Kier alpha value is -1.50. The van der Waals surface area contributed by atoms with Gasteiger partial charge in [0.05, 0.1) is 18.2 Å². The van der Waals surface area contributed by atoms with Gasteiger partial charge in [-0.15, -0.1) is 5.10 Å². The van der Waals surface area contributed by atoms with E-state index in [1.807, 2.05) is 6.92 Å². The van der Waals surface area contributed by atoms with E-state index >= 15 is 0 Å². The Morgan fingerprint density at radius 1 is 1.35 bits per heavy atom. The summed E-state index contributed by atoms with van der Waals surface area (Å²) in [5, 5.41) is 3.97. The molecule has 0 radical (unpaired) electrons. The molecule has 1 fully saturated rings. The second-order valence-electron chi connectivity index (χ2n) is 4.72. The molecule has 1 aliphatic heterocycles. The minimum atomic E-state index is -0.145. The summed E-state index contributed by atoms with van der Waals surface area (Å²) >= 11 is 1.15. The van der Waals surface area contributed by atoms with Gasteiger partial charge in [0.15, 0.2) is 0 Å². The van der Waals surface area contributed by atoms with Gasteiger partial charge in [-0.25, -0.2) is 0 Å². The lowest BCUT2D eigenvalue weighted by atomic mass is 9.97. The first-order chi connectivity index (χ1) is 9.67. The molecule has 0 bridgehead atoms. The van der Waals surface area contributed by atoms with E-state index < -0.39 is 0 Å². The van der Waals surface area contributed by atoms with Crippen LogP contribution in [0.3, 0.4) is 0 Å². The summed E-state index contributed by atoms with van der Waals surface area (Å²) in [6, 6.07) is 0. The highest BCUT2D eigenvalue weighted by Gasteiger charge is 2.30. The number of aromatic nitrogens is 2. The summed E-state index contributed by atoms with van der Waals surface area (Å²) in [5.41, 5.74) is 0.757. The maximum Gasteiger partial charge on any atom is 0.309 e. The van der Waals surface area contributed by atoms with Crippen molar-refractivity contribution in [3.05, 3.63) is 10.6 Å². The zero-order valence-corrected chi connectivity index (χ0v) is 12.6. The predicted molar refractivity (Wildman–Crippen MR) is 74.5 cm³/mol. The average molecular weight is 297 g/mol. The third-order valence-electron chi connectivity index (χ3n) is 3.49. The third kappa shape index (κ3) is 3.15. The van der Waals surface area contributed by atoms with E-state index in [1.165, 1.54) is 0 Å². The molecule has 6 nitrogen and oxygen atoms in total. The Bertz CT molecular complexity index is 481. The number of nitrogens with zero attached hydrogens (tertiary/aromatic N) is 3. The molecule has 20 heavy (non-hydrogen) atoms. The lowest BCUT2D eigenvalue weighted by Crippen LogP contribution is -2.40. The van der Waals surface area contributed by atoms with E-state index in [-0.39, 0.29) is 17.8 Å². The molecule has 1 aliphatic rings. The maximum absolute atomic E-state index is 12.4. The van der Waals surface area contributed by atoms with Crippen LogP contribution in [0, 0.1) is 5.92 Å². The van der Waals surface area contributed by atoms with E-state index in [0.717, 1.165) is 17.2 Å². The molecule has 0 N–H and O–H groups in total. The molecule has 0 atom stereocenters. The van der Waals surface area contributed by atoms with Crippen LogP contribution in [-0.2, 0) is 16.0 Å². The van der Waals surface area contributed by atoms with E-state index in [4.69, 9.17) is 4.74 Å². The topological polar surface area (TPSA) is 72.4 Å². The minimum absolute atomic E-state index is 0.0147. The fraction of sp³-hybridized carbons (Fsp3) is 0.692. The zero-order chi connectivity index (χ0) is 14.5. The standard InChI is InChI=1S/C13H19N3O3S/c1-3-10-11(20-15-14-10)12(17)16-7-5-9(6-8-16)13(18)19-4-2/h9H,3-8H2,1-2H3. The molecule has 2 heterocycles. The Morgan fingerprint density at radius 2 is 2.05 bits per heavy atom. The van der Waals surface area contributed by atoms with E-state index in [1.54, 1.807) is 11.8 Å². The van der Waals surface area contributed by atoms with Crippen molar-refractivity contribution in [1.82, 2.24) is 14.5 Å². The van der Waals surface area contributed by atoms with E-state index in [0.29, 0.717) is 43.8 Å². The SMILES string of the molecule is CCOC(=O)C1CCN(C(=O)c2snnc2CC)CC1. The number of aryl methyl sites for hydroxylation is 1. The van der Waals surface area contributed by atoms with Crippen LogP contribution in [0.1, 0.15) is 42.1 Å². The summed E-state index contributed by atoms with van der Waals surface area (Å²) in [6.07, 6.45) is 2.04. The maximum atomic E-state index is 12.4. The number of esters is 1. The summed E-state index contributed by atoms with van der Waals surface area (Å²) in [4.78, 5) is 26.5. The number of rotatable bonds is 4. The van der Waals surface area contributed by atoms with Crippen LogP contribution in [-0.4, -0.2) is 46.1 Å². The van der Waals surface area contributed by atoms with Gasteiger partial charge in [0.25, 0.3) is 5.91 Å². The molecule has 7 heteroatoms. The van der Waals surface area contributed by atoms with Crippen LogP contribution in [0.25, 0.3) is 0 Å². The molecular formula is C13H19N3O3S. The third-order valence-corrected chi connectivity index (χ3v) is 4.24. The smallest absolute Gasteiger partial charge is 0.309 e. The van der Waals surface area contributed by atoms with Crippen molar-refractivity contribution in [2.45, 2.75) is 33.1 Å². The Labute approximate surface area is 122 Å². The first-order valence-electron chi connectivity index (χ1n) is 6.94. The highest BCUT2D eigenvalue weighted by Crippen LogP contribution is 2.22.